The average Bonchev–Trinajstić information content (AvgIpc) is 3.19. The topological polar surface area (TPSA) is 65.2 Å². The second-order valence-electron chi connectivity index (χ2n) is 6.88. The Morgan fingerprint density at radius 1 is 1.15 bits per heavy atom. The number of para-hydroxylation sites is 2. The summed E-state index contributed by atoms with van der Waals surface area (Å²) in [5, 5.41) is 4.13. The second kappa shape index (κ2) is 5.21. The van der Waals surface area contributed by atoms with Crippen LogP contribution in [-0.4, -0.2) is 28.2 Å². The molecular formula is C21H19N3O2. The number of amides is 2. The molecule has 1 atom stereocenters. The fourth-order valence-electron chi connectivity index (χ4n) is 4.56. The summed E-state index contributed by atoms with van der Waals surface area (Å²) in [7, 11) is 0. The number of carbonyl (C=O) groups is 2. The lowest BCUT2D eigenvalue weighted by Crippen LogP contribution is -2.57. The minimum Gasteiger partial charge on any atom is -0.355 e. The number of rotatable bonds is 1. The lowest BCUT2D eigenvalue weighted by molar-refractivity contribution is -0.143. The molecule has 2 amide bonds. The van der Waals surface area contributed by atoms with Crippen molar-refractivity contribution in [2.75, 3.05) is 11.9 Å². The van der Waals surface area contributed by atoms with Crippen molar-refractivity contribution < 1.29 is 9.59 Å². The average molecular weight is 345 g/mol. The van der Waals surface area contributed by atoms with Gasteiger partial charge in [-0.15, -0.1) is 0 Å². The second-order valence-corrected chi connectivity index (χ2v) is 6.88. The van der Waals surface area contributed by atoms with Gasteiger partial charge in [0, 0.05) is 35.1 Å². The zero-order valence-corrected chi connectivity index (χ0v) is 14.5. The number of carbonyl (C=O) groups excluding carboxylic acids is 2. The van der Waals surface area contributed by atoms with Gasteiger partial charge in [-0.25, -0.2) is 0 Å². The normalized spacial score (nSPS) is 21.0. The van der Waals surface area contributed by atoms with Crippen molar-refractivity contribution >= 4 is 28.4 Å². The molecule has 1 aromatic heterocycles. The van der Waals surface area contributed by atoms with E-state index in [0.29, 0.717) is 13.0 Å². The first-order valence-corrected chi connectivity index (χ1v) is 8.99. The molecule has 0 saturated carbocycles. The summed E-state index contributed by atoms with van der Waals surface area (Å²) in [6.07, 6.45) is 1.11. The maximum atomic E-state index is 13.4. The largest absolute Gasteiger partial charge is 0.355 e. The van der Waals surface area contributed by atoms with Crippen LogP contribution in [0.1, 0.15) is 30.2 Å². The van der Waals surface area contributed by atoms with Crippen molar-refractivity contribution in [3.05, 3.63) is 65.4 Å². The summed E-state index contributed by atoms with van der Waals surface area (Å²) in [6.45, 7) is 2.37. The highest BCUT2D eigenvalue weighted by Gasteiger charge is 2.57. The molecule has 3 aromatic rings. The molecule has 1 unspecified atom stereocenters. The highest BCUT2D eigenvalue weighted by Crippen LogP contribution is 2.49. The van der Waals surface area contributed by atoms with Crippen LogP contribution in [0.5, 0.6) is 0 Å². The molecule has 0 radical (unpaired) electrons. The Labute approximate surface area is 151 Å². The van der Waals surface area contributed by atoms with Gasteiger partial charge in [0.25, 0.3) is 5.91 Å². The summed E-state index contributed by atoms with van der Waals surface area (Å²) in [6, 6.07) is 15.8. The van der Waals surface area contributed by atoms with Crippen LogP contribution in [0.25, 0.3) is 10.9 Å². The number of nitrogens with one attached hydrogen (secondary N) is 2. The predicted octanol–water partition coefficient (Wildman–Crippen LogP) is 3.16. The van der Waals surface area contributed by atoms with Crippen molar-refractivity contribution in [2.45, 2.75) is 25.3 Å². The Hall–Kier alpha value is -3.08. The summed E-state index contributed by atoms with van der Waals surface area (Å²) < 4.78 is 0. The first-order valence-electron chi connectivity index (χ1n) is 8.99. The molecule has 3 heterocycles. The maximum Gasteiger partial charge on any atom is 0.261 e. The van der Waals surface area contributed by atoms with E-state index in [9.17, 15) is 9.59 Å². The van der Waals surface area contributed by atoms with Crippen LogP contribution in [0.3, 0.4) is 0 Å². The number of hydrogen-bond acceptors (Lipinski definition) is 2. The van der Waals surface area contributed by atoms with E-state index in [1.807, 2.05) is 49.4 Å². The van der Waals surface area contributed by atoms with Crippen LogP contribution in [0, 0.1) is 0 Å². The van der Waals surface area contributed by atoms with Crippen molar-refractivity contribution in [3.8, 4) is 0 Å². The van der Waals surface area contributed by atoms with Gasteiger partial charge in [-0.2, -0.15) is 0 Å². The third-order valence-electron chi connectivity index (χ3n) is 5.66. The molecule has 0 aliphatic carbocycles. The Balaban J connectivity index is 1.88. The van der Waals surface area contributed by atoms with Gasteiger partial charge in [-0.05, 0) is 24.1 Å². The van der Waals surface area contributed by atoms with E-state index in [-0.39, 0.29) is 11.8 Å². The Morgan fingerprint density at radius 2 is 1.92 bits per heavy atom. The van der Waals surface area contributed by atoms with E-state index < -0.39 is 5.54 Å². The zero-order valence-electron chi connectivity index (χ0n) is 14.5. The molecule has 2 aromatic carbocycles. The predicted molar refractivity (Wildman–Crippen MR) is 99.9 cm³/mol. The van der Waals surface area contributed by atoms with E-state index in [2.05, 4.69) is 16.4 Å². The van der Waals surface area contributed by atoms with Gasteiger partial charge in [0.05, 0.1) is 5.69 Å². The molecule has 0 fully saturated rings. The quantitative estimate of drug-likeness (QED) is 0.711. The summed E-state index contributed by atoms with van der Waals surface area (Å²) in [4.78, 5) is 31.4. The standard InChI is InChI=1S/C21H19N3O2/c1-2-18(25)24-12-11-14-13-7-3-5-9-16(13)22-19(14)21(24)15-8-4-6-10-17(15)23-20(21)26/h3-10,22H,2,11-12H2,1H3,(H,23,26). The highest BCUT2D eigenvalue weighted by atomic mass is 16.2. The van der Waals surface area contributed by atoms with Crippen LogP contribution in [0.15, 0.2) is 48.5 Å². The fourth-order valence-corrected chi connectivity index (χ4v) is 4.56. The summed E-state index contributed by atoms with van der Waals surface area (Å²) in [5.74, 6) is -0.172. The third-order valence-corrected chi connectivity index (χ3v) is 5.66. The Morgan fingerprint density at radius 3 is 2.77 bits per heavy atom. The van der Waals surface area contributed by atoms with Crippen LogP contribution in [0.2, 0.25) is 0 Å². The molecule has 2 N–H and O–H groups in total. The first kappa shape index (κ1) is 15.2. The smallest absolute Gasteiger partial charge is 0.261 e. The van der Waals surface area contributed by atoms with E-state index in [0.717, 1.165) is 39.8 Å². The van der Waals surface area contributed by atoms with Gasteiger partial charge in [0.1, 0.15) is 0 Å². The molecule has 0 saturated heterocycles. The van der Waals surface area contributed by atoms with Crippen LogP contribution < -0.4 is 5.32 Å². The number of benzene rings is 2. The van der Waals surface area contributed by atoms with E-state index in [1.54, 1.807) is 4.90 Å². The monoisotopic (exact) mass is 345 g/mol. The van der Waals surface area contributed by atoms with Gasteiger partial charge >= 0.3 is 0 Å². The molecule has 5 heteroatoms. The lowest BCUT2D eigenvalue weighted by atomic mass is 9.79. The summed E-state index contributed by atoms with van der Waals surface area (Å²) in [5.41, 5.74) is 3.47. The highest BCUT2D eigenvalue weighted by molar-refractivity contribution is 6.11. The van der Waals surface area contributed by atoms with Crippen molar-refractivity contribution in [1.82, 2.24) is 9.88 Å². The number of nitrogens with zero attached hydrogens (tertiary/aromatic N) is 1. The molecule has 2 aliphatic rings. The number of fused-ring (bicyclic) bond motifs is 6. The van der Waals surface area contributed by atoms with Crippen LogP contribution >= 0.6 is 0 Å². The molecule has 5 nitrogen and oxygen atoms in total. The molecular weight excluding hydrogens is 326 g/mol. The van der Waals surface area contributed by atoms with E-state index in [1.165, 1.54) is 0 Å². The molecule has 130 valence electrons. The van der Waals surface area contributed by atoms with Gasteiger partial charge < -0.3 is 15.2 Å². The molecule has 1 spiro atoms. The fraction of sp³-hybridized carbons (Fsp3) is 0.238. The van der Waals surface area contributed by atoms with Gasteiger partial charge in [0.15, 0.2) is 5.54 Å². The lowest BCUT2D eigenvalue weighted by Gasteiger charge is -2.43. The van der Waals surface area contributed by atoms with Gasteiger partial charge in [-0.3, -0.25) is 9.59 Å². The Bertz CT molecular complexity index is 1070. The minimum atomic E-state index is -1.11. The first-order chi connectivity index (χ1) is 12.7. The third kappa shape index (κ3) is 1.70. The number of aromatic nitrogens is 1. The molecule has 26 heavy (non-hydrogen) atoms. The number of aromatic amines is 1. The maximum absolute atomic E-state index is 13.4. The molecule has 2 aliphatic heterocycles. The molecule has 0 bridgehead atoms. The van der Waals surface area contributed by atoms with Gasteiger partial charge in [-0.1, -0.05) is 43.3 Å². The Kier molecular flexibility index (Phi) is 3.04. The molecule has 5 rings (SSSR count). The van der Waals surface area contributed by atoms with Crippen molar-refractivity contribution in [2.24, 2.45) is 0 Å². The van der Waals surface area contributed by atoms with Crippen LogP contribution in [0.4, 0.5) is 5.69 Å². The van der Waals surface area contributed by atoms with Crippen molar-refractivity contribution in [3.63, 3.8) is 0 Å². The number of hydrogen-bond donors (Lipinski definition) is 2. The number of anilines is 1. The zero-order chi connectivity index (χ0) is 17.9. The van der Waals surface area contributed by atoms with Crippen molar-refractivity contribution in [1.29, 1.82) is 0 Å². The SMILES string of the molecule is CCC(=O)N1CCc2c([nH]c3ccccc23)C12C(=O)Nc1ccccc12. The minimum absolute atomic E-state index is 0.0128. The summed E-state index contributed by atoms with van der Waals surface area (Å²) >= 11 is 0. The van der Waals surface area contributed by atoms with Gasteiger partial charge in [0.2, 0.25) is 5.91 Å². The van der Waals surface area contributed by atoms with E-state index >= 15 is 0 Å². The van der Waals surface area contributed by atoms with Crippen LogP contribution in [-0.2, 0) is 21.5 Å². The number of H-pyrrole nitrogens is 1. The van der Waals surface area contributed by atoms with E-state index in [4.69, 9.17) is 0 Å².